The van der Waals surface area contributed by atoms with Crippen molar-refractivity contribution < 1.29 is 9.53 Å². The Hall–Kier alpha value is -1.75. The van der Waals surface area contributed by atoms with Gasteiger partial charge in [0.2, 0.25) is 0 Å². The highest BCUT2D eigenvalue weighted by molar-refractivity contribution is 5.90. The summed E-state index contributed by atoms with van der Waals surface area (Å²) >= 11 is 0. The van der Waals surface area contributed by atoms with E-state index in [2.05, 4.69) is 15.5 Å². The van der Waals surface area contributed by atoms with Gasteiger partial charge < -0.3 is 15.4 Å². The summed E-state index contributed by atoms with van der Waals surface area (Å²) in [6.45, 7) is 6.15. The van der Waals surface area contributed by atoms with Gasteiger partial charge in [-0.25, -0.2) is 4.79 Å². The average molecular weight is 412 g/mol. The Labute approximate surface area is 180 Å². The van der Waals surface area contributed by atoms with Gasteiger partial charge in [0.15, 0.2) is 0 Å². The van der Waals surface area contributed by atoms with E-state index >= 15 is 0 Å². The number of urea groups is 1. The van der Waals surface area contributed by atoms with E-state index in [0.29, 0.717) is 17.9 Å². The molecule has 6 rings (SSSR count). The lowest BCUT2D eigenvalue weighted by atomic mass is 9.54. The highest BCUT2D eigenvalue weighted by atomic mass is 16.5. The van der Waals surface area contributed by atoms with Gasteiger partial charge in [0.25, 0.3) is 0 Å². The smallest absolute Gasteiger partial charge is 0.319 e. The van der Waals surface area contributed by atoms with Gasteiger partial charge in [0.05, 0.1) is 0 Å². The van der Waals surface area contributed by atoms with Crippen LogP contribution >= 0.6 is 0 Å². The molecule has 1 heterocycles. The van der Waals surface area contributed by atoms with Crippen molar-refractivity contribution in [1.82, 2.24) is 10.2 Å². The van der Waals surface area contributed by atoms with Crippen LogP contribution in [0.15, 0.2) is 18.2 Å². The predicted molar refractivity (Wildman–Crippen MR) is 120 cm³/mol. The maximum Gasteiger partial charge on any atom is 0.319 e. The van der Waals surface area contributed by atoms with Crippen molar-refractivity contribution in [2.24, 2.45) is 23.7 Å². The first kappa shape index (κ1) is 20.2. The Balaban J connectivity index is 1.11. The van der Waals surface area contributed by atoms with Crippen molar-refractivity contribution in [2.75, 3.05) is 31.6 Å². The van der Waals surface area contributed by atoms with Crippen LogP contribution in [0.4, 0.5) is 10.5 Å². The quantitative estimate of drug-likeness (QED) is 0.707. The number of benzene rings is 1. The maximum atomic E-state index is 12.7. The molecule has 1 saturated heterocycles. The van der Waals surface area contributed by atoms with Crippen LogP contribution in [-0.4, -0.2) is 43.2 Å². The Bertz CT molecular complexity index is 731. The van der Waals surface area contributed by atoms with Crippen molar-refractivity contribution in [2.45, 2.75) is 64.3 Å². The second kappa shape index (κ2) is 8.78. The number of rotatable bonds is 6. The fourth-order valence-electron chi connectivity index (χ4n) is 6.81. The molecular weight excluding hydrogens is 374 g/mol. The average Bonchev–Trinajstić information content (AvgIpc) is 2.73. The molecule has 1 aliphatic heterocycles. The number of piperidine rings is 1. The summed E-state index contributed by atoms with van der Waals surface area (Å²) in [6, 6.07) is 6.31. The van der Waals surface area contributed by atoms with Gasteiger partial charge >= 0.3 is 6.03 Å². The van der Waals surface area contributed by atoms with Crippen molar-refractivity contribution in [1.29, 1.82) is 0 Å². The Morgan fingerprint density at radius 1 is 1.03 bits per heavy atom. The monoisotopic (exact) mass is 411 g/mol. The second-order valence-corrected chi connectivity index (χ2v) is 10.3. The summed E-state index contributed by atoms with van der Waals surface area (Å²) in [7, 11) is 0. The van der Waals surface area contributed by atoms with Crippen LogP contribution in [0.1, 0.15) is 56.9 Å². The molecule has 4 aliphatic carbocycles. The summed E-state index contributed by atoms with van der Waals surface area (Å²) < 4.78 is 5.97. The number of nitrogens with one attached hydrogen (secondary N) is 2. The summed E-state index contributed by atoms with van der Waals surface area (Å²) in [5.41, 5.74) is 1.92. The molecule has 164 valence electrons. The zero-order valence-electron chi connectivity index (χ0n) is 18.4. The van der Waals surface area contributed by atoms with E-state index in [1.54, 1.807) is 0 Å². The summed E-state index contributed by atoms with van der Waals surface area (Å²) in [6.07, 6.45) is 10.7. The van der Waals surface area contributed by atoms with Crippen molar-refractivity contribution >= 4 is 11.7 Å². The molecule has 2 N–H and O–H groups in total. The highest BCUT2D eigenvalue weighted by Crippen LogP contribution is 2.53. The molecule has 4 bridgehead atoms. The van der Waals surface area contributed by atoms with Crippen molar-refractivity contribution in [3.8, 4) is 5.75 Å². The molecule has 1 aromatic rings. The van der Waals surface area contributed by atoms with Gasteiger partial charge in [-0.1, -0.05) is 6.42 Å². The first-order valence-electron chi connectivity index (χ1n) is 12.2. The van der Waals surface area contributed by atoms with E-state index in [9.17, 15) is 4.79 Å². The van der Waals surface area contributed by atoms with Crippen molar-refractivity contribution in [3.63, 3.8) is 0 Å². The van der Waals surface area contributed by atoms with Crippen LogP contribution in [0.5, 0.6) is 5.75 Å². The number of likely N-dealkylation sites (tertiary alicyclic amines) is 1. The number of hydrogen-bond acceptors (Lipinski definition) is 3. The largest absolute Gasteiger partial charge is 0.492 e. The standard InChI is InChI=1S/C25H37N3O2/c1-17-11-22(30-10-9-28-7-3-2-4-8-28)5-6-23(17)26-25(29)27-24-20-13-18-12-19(15-20)16-21(24)14-18/h5-6,11,18-21,24H,2-4,7-10,12-16H2,1H3,(H2,26,27,29). The number of amides is 2. The molecule has 0 aromatic heterocycles. The molecule has 5 heteroatoms. The Kier molecular flexibility index (Phi) is 5.90. The Morgan fingerprint density at radius 3 is 2.40 bits per heavy atom. The minimum absolute atomic E-state index is 0.0469. The number of hydrogen-bond donors (Lipinski definition) is 2. The third-order valence-corrected chi connectivity index (χ3v) is 8.10. The second-order valence-electron chi connectivity index (χ2n) is 10.3. The molecule has 0 spiro atoms. The minimum Gasteiger partial charge on any atom is -0.492 e. The summed E-state index contributed by atoms with van der Waals surface area (Å²) in [5.74, 6) is 4.14. The van der Waals surface area contributed by atoms with Gasteiger partial charge in [0, 0.05) is 18.3 Å². The van der Waals surface area contributed by atoms with E-state index in [4.69, 9.17) is 4.74 Å². The Morgan fingerprint density at radius 2 is 1.73 bits per heavy atom. The molecule has 5 aliphatic rings. The van der Waals surface area contributed by atoms with Gasteiger partial charge in [-0.15, -0.1) is 0 Å². The fourth-order valence-corrected chi connectivity index (χ4v) is 6.81. The number of ether oxygens (including phenoxy) is 1. The SMILES string of the molecule is Cc1cc(OCCN2CCCCC2)ccc1NC(=O)NC1C2CC3CC(C2)CC1C3. The lowest BCUT2D eigenvalue weighted by Crippen LogP contribution is -2.56. The van der Waals surface area contributed by atoms with Gasteiger partial charge in [-0.3, -0.25) is 4.90 Å². The molecular formula is C25H37N3O2. The third kappa shape index (κ3) is 4.46. The molecule has 0 radical (unpaired) electrons. The maximum absolute atomic E-state index is 12.7. The molecule has 1 aromatic carbocycles. The first-order chi connectivity index (χ1) is 14.6. The van der Waals surface area contributed by atoms with Gasteiger partial charge in [0.1, 0.15) is 12.4 Å². The van der Waals surface area contributed by atoms with Crippen LogP contribution in [0.2, 0.25) is 0 Å². The van der Waals surface area contributed by atoms with Crippen LogP contribution in [0.3, 0.4) is 0 Å². The van der Waals surface area contributed by atoms with Crippen LogP contribution in [-0.2, 0) is 0 Å². The van der Waals surface area contributed by atoms with Crippen molar-refractivity contribution in [3.05, 3.63) is 23.8 Å². The fraction of sp³-hybridized carbons (Fsp3) is 0.720. The van der Waals surface area contributed by atoms with Gasteiger partial charge in [-0.05, 0) is 112 Å². The van der Waals surface area contributed by atoms with E-state index < -0.39 is 0 Å². The summed E-state index contributed by atoms with van der Waals surface area (Å²) in [4.78, 5) is 15.2. The zero-order valence-corrected chi connectivity index (χ0v) is 18.4. The topological polar surface area (TPSA) is 53.6 Å². The predicted octanol–water partition coefficient (Wildman–Crippen LogP) is 4.81. The van der Waals surface area contributed by atoms with Crippen LogP contribution in [0, 0.1) is 30.6 Å². The molecule has 5 nitrogen and oxygen atoms in total. The zero-order chi connectivity index (χ0) is 20.5. The third-order valence-electron chi connectivity index (χ3n) is 8.10. The lowest BCUT2D eigenvalue weighted by molar-refractivity contribution is -0.00883. The lowest BCUT2D eigenvalue weighted by Gasteiger charge is -2.54. The number of carbonyl (C=O) groups is 1. The molecule has 0 atom stereocenters. The number of carbonyl (C=O) groups excluding carboxylic acids is 1. The van der Waals surface area contributed by atoms with Crippen LogP contribution < -0.4 is 15.4 Å². The molecule has 30 heavy (non-hydrogen) atoms. The number of anilines is 1. The molecule has 2 amide bonds. The van der Waals surface area contributed by atoms with E-state index in [1.807, 2.05) is 25.1 Å². The van der Waals surface area contributed by atoms with E-state index in [0.717, 1.165) is 42.0 Å². The highest BCUT2D eigenvalue weighted by Gasteiger charge is 2.48. The van der Waals surface area contributed by atoms with Gasteiger partial charge in [-0.2, -0.15) is 0 Å². The normalized spacial score (nSPS) is 32.8. The summed E-state index contributed by atoms with van der Waals surface area (Å²) in [5, 5.41) is 6.43. The molecule has 4 saturated carbocycles. The number of nitrogens with zero attached hydrogens (tertiary/aromatic N) is 1. The first-order valence-corrected chi connectivity index (χ1v) is 12.2. The van der Waals surface area contributed by atoms with Crippen LogP contribution in [0.25, 0.3) is 0 Å². The minimum atomic E-state index is -0.0469. The molecule has 5 fully saturated rings. The molecule has 0 unspecified atom stereocenters. The number of aryl methyl sites for hydroxylation is 1. The van der Waals surface area contributed by atoms with E-state index in [1.165, 1.54) is 64.5 Å². The van der Waals surface area contributed by atoms with E-state index in [-0.39, 0.29) is 6.03 Å².